The maximum atomic E-state index is 13.2. The maximum absolute atomic E-state index is 13.2. The largest absolute Gasteiger partial charge is 0.338 e. The zero-order valence-corrected chi connectivity index (χ0v) is 13.5. The lowest BCUT2D eigenvalue weighted by atomic mass is 10.0. The van der Waals surface area contributed by atoms with E-state index in [2.05, 4.69) is 10.3 Å². The second-order valence-corrected chi connectivity index (χ2v) is 5.72. The summed E-state index contributed by atoms with van der Waals surface area (Å²) in [5.74, 6) is 0.164. The second-order valence-electron chi connectivity index (χ2n) is 5.72. The van der Waals surface area contributed by atoms with Crippen molar-refractivity contribution in [2.45, 2.75) is 13.0 Å². The number of benzene rings is 2. The third-order valence-corrected chi connectivity index (χ3v) is 3.91. The molecule has 1 amide bonds. The summed E-state index contributed by atoms with van der Waals surface area (Å²) in [6.07, 6.45) is 3.48. The van der Waals surface area contributed by atoms with Crippen LogP contribution in [0.25, 0.3) is 0 Å². The lowest BCUT2D eigenvalue weighted by Crippen LogP contribution is -2.31. The molecule has 0 spiro atoms. The molecule has 122 valence electrons. The molecule has 0 aliphatic heterocycles. The molecule has 24 heavy (non-hydrogen) atoms. The fourth-order valence-electron chi connectivity index (χ4n) is 2.53. The molecule has 3 aromatic rings. The van der Waals surface area contributed by atoms with Gasteiger partial charge in [0, 0.05) is 25.0 Å². The Kier molecular flexibility index (Phi) is 4.42. The third kappa shape index (κ3) is 3.35. The van der Waals surface area contributed by atoms with Gasteiger partial charge < -0.3 is 9.88 Å². The molecule has 1 aromatic heterocycles. The van der Waals surface area contributed by atoms with Crippen LogP contribution in [0.2, 0.25) is 0 Å². The number of nitrogens with one attached hydrogen (secondary N) is 1. The first-order valence-corrected chi connectivity index (χ1v) is 7.65. The fraction of sp³-hybridized carbons (Fsp3) is 0.158. The topological polar surface area (TPSA) is 46.9 Å². The van der Waals surface area contributed by atoms with Gasteiger partial charge in [-0.3, -0.25) is 4.79 Å². The number of carbonyl (C=O) groups is 1. The highest BCUT2D eigenvalue weighted by Crippen LogP contribution is 2.21. The lowest BCUT2D eigenvalue weighted by Gasteiger charge is -2.19. The molecule has 0 saturated carbocycles. The van der Waals surface area contributed by atoms with Crippen molar-refractivity contribution >= 4 is 5.91 Å². The smallest absolute Gasteiger partial charge is 0.252 e. The van der Waals surface area contributed by atoms with Crippen LogP contribution in [-0.4, -0.2) is 15.5 Å². The summed E-state index contributed by atoms with van der Waals surface area (Å²) in [6, 6.07) is 13.0. The highest BCUT2D eigenvalue weighted by Gasteiger charge is 2.21. The van der Waals surface area contributed by atoms with E-state index < -0.39 is 6.04 Å². The van der Waals surface area contributed by atoms with E-state index in [1.165, 1.54) is 12.1 Å². The lowest BCUT2D eigenvalue weighted by molar-refractivity contribution is 0.0941. The molecular formula is C19H18FN3O. The van der Waals surface area contributed by atoms with Gasteiger partial charge in [0.2, 0.25) is 0 Å². The Morgan fingerprint density at radius 2 is 1.79 bits per heavy atom. The summed E-state index contributed by atoms with van der Waals surface area (Å²) in [5.41, 5.74) is 2.43. The minimum absolute atomic E-state index is 0.202. The monoisotopic (exact) mass is 323 g/mol. The minimum atomic E-state index is -0.459. The number of hydrogen-bond donors (Lipinski definition) is 1. The number of carbonyl (C=O) groups excluding carboxylic acids is 1. The highest BCUT2D eigenvalue weighted by molar-refractivity contribution is 5.94. The number of hydrogen-bond acceptors (Lipinski definition) is 2. The molecular weight excluding hydrogens is 305 g/mol. The van der Waals surface area contributed by atoms with E-state index in [1.807, 2.05) is 36.9 Å². The molecule has 0 radical (unpaired) electrons. The van der Waals surface area contributed by atoms with Crippen molar-refractivity contribution in [1.82, 2.24) is 14.9 Å². The molecule has 2 aromatic carbocycles. The summed E-state index contributed by atoms with van der Waals surface area (Å²) in [7, 11) is 1.86. The summed E-state index contributed by atoms with van der Waals surface area (Å²) >= 11 is 0. The summed E-state index contributed by atoms with van der Waals surface area (Å²) in [6.45, 7) is 1.97. The third-order valence-electron chi connectivity index (χ3n) is 3.91. The maximum Gasteiger partial charge on any atom is 0.252 e. The number of amides is 1. The van der Waals surface area contributed by atoms with Crippen molar-refractivity contribution in [1.29, 1.82) is 0 Å². The van der Waals surface area contributed by atoms with E-state index in [0.29, 0.717) is 11.4 Å². The van der Waals surface area contributed by atoms with Crippen LogP contribution in [0.5, 0.6) is 0 Å². The Labute approximate surface area is 140 Å². The number of nitrogens with zero attached hydrogens (tertiary/aromatic N) is 2. The number of aromatic nitrogens is 2. The van der Waals surface area contributed by atoms with Gasteiger partial charge in [0.1, 0.15) is 17.7 Å². The molecule has 5 heteroatoms. The predicted molar refractivity (Wildman–Crippen MR) is 90.1 cm³/mol. The van der Waals surface area contributed by atoms with Crippen molar-refractivity contribution in [3.05, 3.63) is 89.3 Å². The van der Waals surface area contributed by atoms with E-state index in [4.69, 9.17) is 0 Å². The van der Waals surface area contributed by atoms with E-state index in [-0.39, 0.29) is 11.7 Å². The Morgan fingerprint density at radius 1 is 1.12 bits per heavy atom. The molecule has 4 nitrogen and oxygen atoms in total. The Morgan fingerprint density at radius 3 is 2.38 bits per heavy atom. The van der Waals surface area contributed by atoms with Crippen LogP contribution in [-0.2, 0) is 7.05 Å². The number of rotatable bonds is 4. The quantitative estimate of drug-likeness (QED) is 0.800. The standard InChI is InChI=1S/C19H18FN3O/c1-13-3-5-15(6-4-13)19(24)22-17(18-21-11-12-23(18)2)14-7-9-16(20)10-8-14/h3-12,17H,1-2H3,(H,22,24). The van der Waals surface area contributed by atoms with Gasteiger partial charge in [0.05, 0.1) is 0 Å². The normalized spacial score (nSPS) is 12.0. The molecule has 0 saturated heterocycles. The molecule has 1 atom stereocenters. The first-order valence-electron chi connectivity index (χ1n) is 7.65. The summed E-state index contributed by atoms with van der Waals surface area (Å²) in [5, 5.41) is 2.99. The van der Waals surface area contributed by atoms with Gasteiger partial charge in [-0.2, -0.15) is 0 Å². The Bertz CT molecular complexity index is 838. The number of imidazole rings is 1. The van der Waals surface area contributed by atoms with Crippen LogP contribution in [0.3, 0.4) is 0 Å². The molecule has 1 N–H and O–H groups in total. The fourth-order valence-corrected chi connectivity index (χ4v) is 2.53. The average Bonchev–Trinajstić information content (AvgIpc) is 3.00. The van der Waals surface area contributed by atoms with Gasteiger partial charge in [-0.25, -0.2) is 9.37 Å². The van der Waals surface area contributed by atoms with Gasteiger partial charge in [0.25, 0.3) is 5.91 Å². The molecule has 1 unspecified atom stereocenters. The SMILES string of the molecule is Cc1ccc(C(=O)NC(c2ccc(F)cc2)c2nccn2C)cc1. The van der Waals surface area contributed by atoms with Gasteiger partial charge in [-0.15, -0.1) is 0 Å². The van der Waals surface area contributed by atoms with Gasteiger partial charge in [0.15, 0.2) is 0 Å². The van der Waals surface area contributed by atoms with E-state index in [0.717, 1.165) is 11.1 Å². The van der Waals surface area contributed by atoms with Crippen LogP contribution in [0, 0.1) is 12.7 Å². The molecule has 3 rings (SSSR count). The second kappa shape index (κ2) is 6.66. The highest BCUT2D eigenvalue weighted by atomic mass is 19.1. The molecule has 0 bridgehead atoms. The summed E-state index contributed by atoms with van der Waals surface area (Å²) in [4.78, 5) is 16.9. The van der Waals surface area contributed by atoms with Crippen molar-refractivity contribution in [3.8, 4) is 0 Å². The zero-order chi connectivity index (χ0) is 17.1. The van der Waals surface area contributed by atoms with Crippen molar-refractivity contribution in [2.24, 2.45) is 7.05 Å². The predicted octanol–water partition coefficient (Wildman–Crippen LogP) is 3.39. The first kappa shape index (κ1) is 15.9. The molecule has 0 fully saturated rings. The van der Waals surface area contributed by atoms with E-state index in [1.54, 1.807) is 30.5 Å². The molecule has 0 aliphatic rings. The van der Waals surface area contributed by atoms with E-state index >= 15 is 0 Å². The molecule has 1 heterocycles. The average molecular weight is 323 g/mol. The van der Waals surface area contributed by atoms with Crippen LogP contribution < -0.4 is 5.32 Å². The molecule has 0 aliphatic carbocycles. The van der Waals surface area contributed by atoms with Crippen molar-refractivity contribution in [3.63, 3.8) is 0 Å². The Hall–Kier alpha value is -2.95. The minimum Gasteiger partial charge on any atom is -0.338 e. The van der Waals surface area contributed by atoms with Crippen molar-refractivity contribution in [2.75, 3.05) is 0 Å². The van der Waals surface area contributed by atoms with Crippen LogP contribution in [0.4, 0.5) is 4.39 Å². The number of aryl methyl sites for hydroxylation is 2. The van der Waals surface area contributed by atoms with Gasteiger partial charge in [-0.1, -0.05) is 29.8 Å². The van der Waals surface area contributed by atoms with Gasteiger partial charge >= 0.3 is 0 Å². The Balaban J connectivity index is 1.93. The van der Waals surface area contributed by atoms with Crippen LogP contribution >= 0.6 is 0 Å². The van der Waals surface area contributed by atoms with Crippen LogP contribution in [0.15, 0.2) is 60.9 Å². The van der Waals surface area contributed by atoms with E-state index in [9.17, 15) is 9.18 Å². The van der Waals surface area contributed by atoms with Gasteiger partial charge in [-0.05, 0) is 36.8 Å². The van der Waals surface area contributed by atoms with Crippen molar-refractivity contribution < 1.29 is 9.18 Å². The first-order chi connectivity index (χ1) is 11.5. The van der Waals surface area contributed by atoms with Crippen LogP contribution in [0.1, 0.15) is 33.4 Å². The number of halogens is 1. The summed E-state index contributed by atoms with van der Waals surface area (Å²) < 4.78 is 15.1. The zero-order valence-electron chi connectivity index (χ0n) is 13.5.